The zero-order valence-corrected chi connectivity index (χ0v) is 5.50. The Hall–Kier alpha value is -0.120. The molecule has 0 aromatic heterocycles. The molecule has 0 amide bonds. The van der Waals surface area contributed by atoms with E-state index in [0.29, 0.717) is 13.0 Å². The molecule has 1 aliphatic rings. The first-order valence-corrected chi connectivity index (χ1v) is 3.19. The first kappa shape index (κ1) is 6.99. The normalized spacial score (nSPS) is 34.3. The third kappa shape index (κ3) is 1.41. The Bertz CT molecular complexity index is 100. The number of aliphatic hydroxyl groups is 2. The lowest BCUT2D eigenvalue weighted by Gasteiger charge is -2.32. The van der Waals surface area contributed by atoms with Gasteiger partial charge in [-0.1, -0.05) is 0 Å². The Balaban J connectivity index is 2.49. The molecule has 0 bridgehead atoms. The van der Waals surface area contributed by atoms with E-state index in [9.17, 15) is 0 Å². The minimum absolute atomic E-state index is 0.425. The average Bonchev–Trinajstić information content (AvgIpc) is 1.77. The van der Waals surface area contributed by atoms with E-state index in [2.05, 4.69) is 0 Å². The fourth-order valence-corrected chi connectivity index (χ4v) is 0.929. The SMILES string of the molecule is CC1OCCCC1(O)O. The molecular weight excluding hydrogens is 120 g/mol. The zero-order valence-electron chi connectivity index (χ0n) is 5.50. The fraction of sp³-hybridized carbons (Fsp3) is 1.00. The highest BCUT2D eigenvalue weighted by Crippen LogP contribution is 2.21. The number of rotatable bonds is 0. The molecule has 0 radical (unpaired) electrons. The highest BCUT2D eigenvalue weighted by atomic mass is 16.6. The number of ether oxygens (including phenoxy) is 1. The van der Waals surface area contributed by atoms with E-state index in [-0.39, 0.29) is 0 Å². The van der Waals surface area contributed by atoms with E-state index in [1.165, 1.54) is 0 Å². The van der Waals surface area contributed by atoms with Gasteiger partial charge in [0, 0.05) is 13.0 Å². The average molecular weight is 132 g/mol. The maximum absolute atomic E-state index is 9.07. The predicted molar refractivity (Wildman–Crippen MR) is 31.8 cm³/mol. The molecule has 0 aliphatic carbocycles. The van der Waals surface area contributed by atoms with Crippen molar-refractivity contribution in [1.29, 1.82) is 0 Å². The highest BCUT2D eigenvalue weighted by molar-refractivity contribution is 4.75. The summed E-state index contributed by atoms with van der Waals surface area (Å²) in [7, 11) is 0. The molecule has 1 saturated heterocycles. The van der Waals surface area contributed by atoms with Gasteiger partial charge >= 0.3 is 0 Å². The molecule has 1 atom stereocenters. The van der Waals surface area contributed by atoms with Crippen molar-refractivity contribution in [2.75, 3.05) is 6.61 Å². The Kier molecular flexibility index (Phi) is 1.75. The molecule has 9 heavy (non-hydrogen) atoms. The summed E-state index contributed by atoms with van der Waals surface area (Å²) in [6.45, 7) is 2.31. The van der Waals surface area contributed by atoms with Crippen LogP contribution in [-0.4, -0.2) is 28.7 Å². The van der Waals surface area contributed by atoms with Crippen LogP contribution in [0.15, 0.2) is 0 Å². The Morgan fingerprint density at radius 1 is 1.56 bits per heavy atom. The molecule has 0 aromatic rings. The van der Waals surface area contributed by atoms with Gasteiger partial charge in [0.1, 0.15) is 6.10 Å². The van der Waals surface area contributed by atoms with E-state index < -0.39 is 11.9 Å². The van der Waals surface area contributed by atoms with Crippen LogP contribution < -0.4 is 0 Å². The maximum Gasteiger partial charge on any atom is 0.189 e. The van der Waals surface area contributed by atoms with Crippen LogP contribution in [0.25, 0.3) is 0 Å². The second-order valence-electron chi connectivity index (χ2n) is 2.50. The quantitative estimate of drug-likeness (QED) is 0.451. The van der Waals surface area contributed by atoms with Crippen molar-refractivity contribution in [3.05, 3.63) is 0 Å². The second kappa shape index (κ2) is 2.25. The number of hydrogen-bond donors (Lipinski definition) is 2. The van der Waals surface area contributed by atoms with Crippen LogP contribution in [0.1, 0.15) is 19.8 Å². The summed E-state index contributed by atoms with van der Waals surface area (Å²) in [5, 5.41) is 18.1. The molecule has 3 nitrogen and oxygen atoms in total. The summed E-state index contributed by atoms with van der Waals surface area (Å²) in [5.74, 6) is -1.59. The van der Waals surface area contributed by atoms with Crippen LogP contribution in [0.3, 0.4) is 0 Å². The van der Waals surface area contributed by atoms with Crippen molar-refractivity contribution in [2.24, 2.45) is 0 Å². The van der Waals surface area contributed by atoms with Crippen molar-refractivity contribution in [3.8, 4) is 0 Å². The van der Waals surface area contributed by atoms with Gasteiger partial charge in [-0.2, -0.15) is 0 Å². The maximum atomic E-state index is 9.07. The van der Waals surface area contributed by atoms with Crippen LogP contribution in [0.2, 0.25) is 0 Å². The third-order valence-electron chi connectivity index (χ3n) is 1.71. The van der Waals surface area contributed by atoms with Crippen molar-refractivity contribution < 1.29 is 14.9 Å². The molecule has 2 N–H and O–H groups in total. The Morgan fingerprint density at radius 2 is 2.22 bits per heavy atom. The third-order valence-corrected chi connectivity index (χ3v) is 1.71. The minimum atomic E-state index is -1.59. The van der Waals surface area contributed by atoms with Crippen molar-refractivity contribution in [1.82, 2.24) is 0 Å². The summed E-state index contributed by atoms with van der Waals surface area (Å²) < 4.78 is 4.99. The molecular formula is C6H12O3. The van der Waals surface area contributed by atoms with E-state index in [1.807, 2.05) is 0 Å². The second-order valence-corrected chi connectivity index (χ2v) is 2.50. The Morgan fingerprint density at radius 3 is 2.56 bits per heavy atom. The lowest BCUT2D eigenvalue weighted by atomic mass is 10.0. The van der Waals surface area contributed by atoms with Crippen molar-refractivity contribution in [2.45, 2.75) is 31.7 Å². The summed E-state index contributed by atoms with van der Waals surface area (Å²) >= 11 is 0. The first-order chi connectivity index (χ1) is 4.13. The monoisotopic (exact) mass is 132 g/mol. The minimum Gasteiger partial charge on any atom is -0.373 e. The van der Waals surface area contributed by atoms with Crippen LogP contribution >= 0.6 is 0 Å². The lowest BCUT2D eigenvalue weighted by Crippen LogP contribution is -2.45. The van der Waals surface area contributed by atoms with Crippen LogP contribution in [0, 0.1) is 0 Å². The molecule has 0 saturated carbocycles. The first-order valence-electron chi connectivity index (χ1n) is 3.19. The zero-order chi connectivity index (χ0) is 6.91. The standard InChI is InChI=1S/C6H12O3/c1-5-6(7,8)3-2-4-9-5/h5,7-8H,2-4H2,1H3. The predicted octanol–water partition coefficient (Wildman–Crippen LogP) is -0.134. The van der Waals surface area contributed by atoms with Crippen LogP contribution in [0.5, 0.6) is 0 Å². The highest BCUT2D eigenvalue weighted by Gasteiger charge is 2.34. The molecule has 54 valence electrons. The van der Waals surface area contributed by atoms with Crippen molar-refractivity contribution in [3.63, 3.8) is 0 Å². The van der Waals surface area contributed by atoms with Gasteiger partial charge in [-0.15, -0.1) is 0 Å². The van der Waals surface area contributed by atoms with Crippen molar-refractivity contribution >= 4 is 0 Å². The fourth-order valence-electron chi connectivity index (χ4n) is 0.929. The van der Waals surface area contributed by atoms with Crippen LogP contribution in [0.4, 0.5) is 0 Å². The van der Waals surface area contributed by atoms with Gasteiger partial charge in [0.05, 0.1) is 0 Å². The molecule has 0 aromatic carbocycles. The van der Waals surface area contributed by atoms with Gasteiger partial charge in [0.2, 0.25) is 0 Å². The van der Waals surface area contributed by atoms with Gasteiger partial charge in [-0.05, 0) is 13.3 Å². The van der Waals surface area contributed by atoms with E-state index in [0.717, 1.165) is 6.42 Å². The molecule has 3 heteroatoms. The smallest absolute Gasteiger partial charge is 0.189 e. The number of hydrogen-bond acceptors (Lipinski definition) is 3. The summed E-state index contributed by atoms with van der Waals surface area (Å²) in [6.07, 6.45) is 0.720. The van der Waals surface area contributed by atoms with E-state index in [1.54, 1.807) is 6.92 Å². The molecule has 1 heterocycles. The molecule has 1 rings (SSSR count). The largest absolute Gasteiger partial charge is 0.373 e. The summed E-state index contributed by atoms with van der Waals surface area (Å²) in [4.78, 5) is 0. The summed E-state index contributed by atoms with van der Waals surface area (Å²) in [5.41, 5.74) is 0. The van der Waals surface area contributed by atoms with Gasteiger partial charge in [-0.25, -0.2) is 0 Å². The van der Waals surface area contributed by atoms with E-state index >= 15 is 0 Å². The lowest BCUT2D eigenvalue weighted by molar-refractivity contribution is -0.257. The molecule has 1 aliphatic heterocycles. The molecule has 1 unspecified atom stereocenters. The van der Waals surface area contributed by atoms with E-state index in [4.69, 9.17) is 14.9 Å². The molecule has 1 fully saturated rings. The van der Waals surface area contributed by atoms with Gasteiger partial charge in [-0.3, -0.25) is 0 Å². The molecule has 0 spiro atoms. The topological polar surface area (TPSA) is 49.7 Å². The van der Waals surface area contributed by atoms with Gasteiger partial charge < -0.3 is 14.9 Å². The van der Waals surface area contributed by atoms with Crippen LogP contribution in [-0.2, 0) is 4.74 Å². The van der Waals surface area contributed by atoms with Gasteiger partial charge in [0.15, 0.2) is 5.79 Å². The Labute approximate surface area is 54.3 Å². The van der Waals surface area contributed by atoms with Gasteiger partial charge in [0.25, 0.3) is 0 Å². The summed E-state index contributed by atoms with van der Waals surface area (Å²) in [6, 6.07) is 0.